The molecule has 3 N–H and O–H groups in total. The second-order valence-electron chi connectivity index (χ2n) is 4.67. The number of rotatable bonds is 8. The van der Waals surface area contributed by atoms with Crippen LogP contribution >= 0.6 is 24.0 Å². The van der Waals surface area contributed by atoms with E-state index in [4.69, 9.17) is 4.74 Å². The average molecular weight is 434 g/mol. The summed E-state index contributed by atoms with van der Waals surface area (Å²) in [5.41, 5.74) is 1.22. The minimum absolute atomic E-state index is 0. The van der Waals surface area contributed by atoms with Crippen molar-refractivity contribution in [3.63, 3.8) is 0 Å². The van der Waals surface area contributed by atoms with Gasteiger partial charge in [-0.25, -0.2) is 4.99 Å². The van der Waals surface area contributed by atoms with Crippen LogP contribution in [0, 0.1) is 0 Å². The van der Waals surface area contributed by atoms with Crippen LogP contribution in [0.2, 0.25) is 0 Å². The summed E-state index contributed by atoms with van der Waals surface area (Å²) < 4.78 is 5.14. The molecule has 1 amide bonds. The van der Waals surface area contributed by atoms with E-state index in [0.717, 1.165) is 25.3 Å². The number of carbonyl (C=O) groups is 1. The Morgan fingerprint density at radius 2 is 1.74 bits per heavy atom. The molecular formula is C16H27IN4O2. The van der Waals surface area contributed by atoms with Gasteiger partial charge in [0.1, 0.15) is 12.3 Å². The maximum atomic E-state index is 11.4. The van der Waals surface area contributed by atoms with Crippen molar-refractivity contribution in [2.45, 2.75) is 20.3 Å². The maximum absolute atomic E-state index is 11.4. The Bertz CT molecular complexity index is 477. The Morgan fingerprint density at radius 1 is 1.09 bits per heavy atom. The molecule has 0 heterocycles. The average Bonchev–Trinajstić information content (AvgIpc) is 2.53. The number of methoxy groups -OCH3 is 1. The first-order valence-electron chi connectivity index (χ1n) is 7.61. The van der Waals surface area contributed by atoms with Crippen LogP contribution in [0.4, 0.5) is 0 Å². The predicted molar refractivity (Wildman–Crippen MR) is 105 cm³/mol. The molecule has 6 nitrogen and oxygen atoms in total. The van der Waals surface area contributed by atoms with E-state index in [2.05, 4.69) is 20.9 Å². The van der Waals surface area contributed by atoms with Crippen molar-refractivity contribution < 1.29 is 9.53 Å². The normalized spacial score (nSPS) is 10.5. The summed E-state index contributed by atoms with van der Waals surface area (Å²) in [7, 11) is 1.66. The first-order chi connectivity index (χ1) is 10.7. The van der Waals surface area contributed by atoms with Gasteiger partial charge >= 0.3 is 0 Å². The Labute approximate surface area is 155 Å². The van der Waals surface area contributed by atoms with E-state index in [9.17, 15) is 4.79 Å². The zero-order valence-corrected chi connectivity index (χ0v) is 16.3. The number of aliphatic imine (C=N–C) groups is 1. The molecule has 0 radical (unpaired) electrons. The lowest BCUT2D eigenvalue weighted by Gasteiger charge is -2.11. The van der Waals surface area contributed by atoms with Crippen LogP contribution in [0.25, 0.3) is 0 Å². The number of hydrogen-bond donors (Lipinski definition) is 3. The van der Waals surface area contributed by atoms with Crippen molar-refractivity contribution in [3.8, 4) is 5.75 Å². The van der Waals surface area contributed by atoms with Gasteiger partial charge in [-0.05, 0) is 38.0 Å². The zero-order chi connectivity index (χ0) is 16.2. The van der Waals surface area contributed by atoms with Gasteiger partial charge in [-0.2, -0.15) is 0 Å². The Hall–Kier alpha value is -1.51. The molecule has 0 saturated heterocycles. The number of halogens is 1. The number of likely N-dealkylation sites (N-methyl/N-ethyl adjacent to an activating group) is 1. The van der Waals surface area contributed by atoms with Crippen molar-refractivity contribution >= 4 is 35.8 Å². The number of nitrogens with one attached hydrogen (secondary N) is 3. The molecule has 0 bridgehead atoms. The van der Waals surface area contributed by atoms with Gasteiger partial charge in [0.05, 0.1) is 7.11 Å². The fourth-order valence-corrected chi connectivity index (χ4v) is 1.86. The monoisotopic (exact) mass is 434 g/mol. The number of amides is 1. The fraction of sp³-hybridized carbons (Fsp3) is 0.500. The van der Waals surface area contributed by atoms with Gasteiger partial charge in [-0.15, -0.1) is 24.0 Å². The zero-order valence-electron chi connectivity index (χ0n) is 14.0. The maximum Gasteiger partial charge on any atom is 0.241 e. The van der Waals surface area contributed by atoms with Gasteiger partial charge in [0, 0.05) is 19.6 Å². The second kappa shape index (κ2) is 13.0. The molecule has 130 valence electrons. The molecule has 23 heavy (non-hydrogen) atoms. The molecule has 0 aromatic heterocycles. The summed E-state index contributed by atoms with van der Waals surface area (Å²) in [6.45, 7) is 6.13. The van der Waals surface area contributed by atoms with E-state index in [1.165, 1.54) is 5.56 Å². The first-order valence-corrected chi connectivity index (χ1v) is 7.61. The van der Waals surface area contributed by atoms with Crippen molar-refractivity contribution in [3.05, 3.63) is 29.8 Å². The Balaban J connectivity index is 0.00000484. The number of benzene rings is 1. The number of nitrogens with zero attached hydrogens (tertiary/aromatic N) is 1. The Kier molecular flexibility index (Phi) is 12.1. The lowest BCUT2D eigenvalue weighted by molar-refractivity contribution is -0.119. The van der Waals surface area contributed by atoms with Crippen LogP contribution in [-0.2, 0) is 11.2 Å². The van der Waals surface area contributed by atoms with Crippen LogP contribution in [-0.4, -0.2) is 45.2 Å². The molecule has 0 aliphatic carbocycles. The highest BCUT2D eigenvalue weighted by Crippen LogP contribution is 2.11. The smallest absolute Gasteiger partial charge is 0.241 e. The van der Waals surface area contributed by atoms with Gasteiger partial charge < -0.3 is 20.7 Å². The number of carbonyl (C=O) groups excluding carboxylic acids is 1. The lowest BCUT2D eigenvalue weighted by Crippen LogP contribution is -2.39. The van der Waals surface area contributed by atoms with Gasteiger partial charge in [-0.3, -0.25) is 4.79 Å². The van der Waals surface area contributed by atoms with E-state index in [1.54, 1.807) is 7.11 Å². The third-order valence-corrected chi connectivity index (χ3v) is 2.96. The third-order valence-electron chi connectivity index (χ3n) is 2.96. The number of ether oxygens (including phenoxy) is 1. The van der Waals surface area contributed by atoms with Crippen LogP contribution in [0.15, 0.2) is 29.3 Å². The molecule has 0 atom stereocenters. The lowest BCUT2D eigenvalue weighted by atomic mass is 10.1. The fourth-order valence-electron chi connectivity index (χ4n) is 1.86. The van der Waals surface area contributed by atoms with Crippen molar-refractivity contribution in [2.24, 2.45) is 4.99 Å². The second-order valence-corrected chi connectivity index (χ2v) is 4.67. The summed E-state index contributed by atoms with van der Waals surface area (Å²) in [6.07, 6.45) is 0.871. The minimum atomic E-state index is -0.0742. The number of hydrogen-bond acceptors (Lipinski definition) is 3. The van der Waals surface area contributed by atoms with Crippen LogP contribution in [0.3, 0.4) is 0 Å². The summed E-state index contributed by atoms with van der Waals surface area (Å²) in [5.74, 6) is 1.44. The predicted octanol–water partition coefficient (Wildman–Crippen LogP) is 1.55. The molecule has 0 spiro atoms. The first kappa shape index (κ1) is 21.5. The van der Waals surface area contributed by atoms with Crippen LogP contribution < -0.4 is 20.7 Å². The quantitative estimate of drug-likeness (QED) is 0.330. The van der Waals surface area contributed by atoms with Gasteiger partial charge in [0.25, 0.3) is 0 Å². The Morgan fingerprint density at radius 3 is 2.30 bits per heavy atom. The molecule has 1 rings (SSSR count). The van der Waals surface area contributed by atoms with E-state index < -0.39 is 0 Å². The standard InChI is InChI=1S/C16H26N4O2.HI/c1-4-17-15(21)12-20-16(18-5-2)19-11-10-13-6-8-14(22-3)9-7-13;/h6-9H,4-5,10-12H2,1-3H3,(H,17,21)(H2,18,19,20);1H. The molecule has 1 aromatic carbocycles. The van der Waals surface area contributed by atoms with Gasteiger partial charge in [0.15, 0.2) is 5.96 Å². The molecule has 0 saturated carbocycles. The highest BCUT2D eigenvalue weighted by molar-refractivity contribution is 14.0. The molecule has 0 fully saturated rings. The van der Waals surface area contributed by atoms with E-state index >= 15 is 0 Å². The summed E-state index contributed by atoms with van der Waals surface area (Å²) in [5, 5.41) is 9.07. The van der Waals surface area contributed by atoms with E-state index in [1.807, 2.05) is 38.1 Å². The third kappa shape index (κ3) is 9.27. The molecular weight excluding hydrogens is 407 g/mol. The van der Waals surface area contributed by atoms with Crippen molar-refractivity contribution in [1.82, 2.24) is 16.0 Å². The SMILES string of the molecule is CCNC(=O)CN=C(NCC)NCCc1ccc(OC)cc1.I. The molecule has 0 aliphatic rings. The van der Waals surface area contributed by atoms with Crippen LogP contribution in [0.1, 0.15) is 19.4 Å². The van der Waals surface area contributed by atoms with Gasteiger partial charge in [-0.1, -0.05) is 12.1 Å². The summed E-state index contributed by atoms with van der Waals surface area (Å²) in [4.78, 5) is 15.7. The molecule has 0 unspecified atom stereocenters. The van der Waals surface area contributed by atoms with Crippen molar-refractivity contribution in [2.75, 3.05) is 33.3 Å². The van der Waals surface area contributed by atoms with Crippen molar-refractivity contribution in [1.29, 1.82) is 0 Å². The summed E-state index contributed by atoms with van der Waals surface area (Å²) >= 11 is 0. The number of guanidine groups is 1. The molecule has 0 aliphatic heterocycles. The molecule has 1 aromatic rings. The molecule has 7 heteroatoms. The topological polar surface area (TPSA) is 74.8 Å². The van der Waals surface area contributed by atoms with E-state index in [-0.39, 0.29) is 36.4 Å². The highest BCUT2D eigenvalue weighted by atomic mass is 127. The van der Waals surface area contributed by atoms with Gasteiger partial charge in [0.2, 0.25) is 5.91 Å². The minimum Gasteiger partial charge on any atom is -0.497 e. The summed E-state index contributed by atoms with van der Waals surface area (Å²) in [6, 6.07) is 7.98. The van der Waals surface area contributed by atoms with E-state index in [0.29, 0.717) is 12.5 Å². The largest absolute Gasteiger partial charge is 0.497 e. The van der Waals surface area contributed by atoms with Crippen LogP contribution in [0.5, 0.6) is 5.75 Å². The highest BCUT2D eigenvalue weighted by Gasteiger charge is 2.01.